The van der Waals surface area contributed by atoms with Crippen LogP contribution >= 0.6 is 0 Å². The van der Waals surface area contributed by atoms with Crippen LogP contribution in [-0.2, 0) is 4.74 Å². The average molecular weight is 488 g/mol. The van der Waals surface area contributed by atoms with Gasteiger partial charge in [0.2, 0.25) is 11.4 Å². The van der Waals surface area contributed by atoms with E-state index in [9.17, 15) is 9.59 Å². The van der Waals surface area contributed by atoms with Gasteiger partial charge in [0.25, 0.3) is 5.91 Å². The molecule has 4 aromatic rings. The number of amides is 1. The van der Waals surface area contributed by atoms with Crippen molar-refractivity contribution in [1.82, 2.24) is 29.6 Å². The van der Waals surface area contributed by atoms with E-state index in [2.05, 4.69) is 32.1 Å². The number of likely N-dealkylation sites (tertiary alicyclic amines) is 1. The summed E-state index contributed by atoms with van der Waals surface area (Å²) in [5.74, 6) is 1.48. The van der Waals surface area contributed by atoms with E-state index < -0.39 is 0 Å². The number of anilines is 1. The molecule has 0 aliphatic carbocycles. The predicted octanol–water partition coefficient (Wildman–Crippen LogP) is 1.63. The van der Waals surface area contributed by atoms with Crippen LogP contribution in [0.1, 0.15) is 23.2 Å². The van der Waals surface area contributed by atoms with Crippen LogP contribution in [0.2, 0.25) is 0 Å². The van der Waals surface area contributed by atoms with Crippen LogP contribution in [0, 0.1) is 11.8 Å². The summed E-state index contributed by atoms with van der Waals surface area (Å²) in [5.41, 5.74) is 2.43. The minimum Gasteiger partial charge on any atom is -0.381 e. The number of benzene rings is 1. The average Bonchev–Trinajstić information content (AvgIpc) is 3.55. The van der Waals surface area contributed by atoms with Crippen molar-refractivity contribution in [2.75, 3.05) is 51.3 Å². The third kappa shape index (κ3) is 3.39. The lowest BCUT2D eigenvalue weighted by Gasteiger charge is -2.23. The van der Waals surface area contributed by atoms with Gasteiger partial charge in [-0.2, -0.15) is 4.98 Å². The number of imidazole rings is 1. The maximum absolute atomic E-state index is 13.7. The number of carbonyl (C=O) groups is 1. The van der Waals surface area contributed by atoms with Crippen LogP contribution in [0.25, 0.3) is 27.7 Å². The normalized spacial score (nSPS) is 23.2. The molecule has 2 N–H and O–H groups in total. The lowest BCUT2D eigenvalue weighted by atomic mass is 10.0. The summed E-state index contributed by atoms with van der Waals surface area (Å²) in [5, 5.41) is 3.40. The van der Waals surface area contributed by atoms with E-state index in [1.807, 2.05) is 28.7 Å². The van der Waals surface area contributed by atoms with Gasteiger partial charge < -0.3 is 24.8 Å². The Labute approximate surface area is 207 Å². The zero-order valence-electron chi connectivity index (χ0n) is 20.2. The van der Waals surface area contributed by atoms with E-state index in [-0.39, 0.29) is 22.9 Å². The molecule has 3 aliphatic rings. The Morgan fingerprint density at radius 1 is 1.11 bits per heavy atom. The largest absolute Gasteiger partial charge is 0.381 e. The second-order valence-electron chi connectivity index (χ2n) is 10.4. The molecule has 7 rings (SSSR count). The molecule has 6 heterocycles. The fourth-order valence-corrected chi connectivity index (χ4v) is 6.26. The highest BCUT2D eigenvalue weighted by Gasteiger charge is 2.39. The number of hydrogen-bond donors (Lipinski definition) is 2. The Balaban J connectivity index is 1.37. The predicted molar refractivity (Wildman–Crippen MR) is 137 cm³/mol. The van der Waals surface area contributed by atoms with E-state index in [1.165, 1.54) is 0 Å². The molecular weight excluding hydrogens is 458 g/mol. The molecule has 1 amide bonds. The van der Waals surface area contributed by atoms with Crippen LogP contribution in [0.15, 0.2) is 35.3 Å². The lowest BCUT2D eigenvalue weighted by molar-refractivity contribution is 0.0696. The Kier molecular flexibility index (Phi) is 5.00. The van der Waals surface area contributed by atoms with Gasteiger partial charge in [0, 0.05) is 51.6 Å². The lowest BCUT2D eigenvalue weighted by Crippen LogP contribution is -2.41. The van der Waals surface area contributed by atoms with Crippen LogP contribution in [0.3, 0.4) is 0 Å². The topological polar surface area (TPSA) is 108 Å². The highest BCUT2D eigenvalue weighted by atomic mass is 16.5. The zero-order valence-corrected chi connectivity index (χ0v) is 20.2. The Morgan fingerprint density at radius 2 is 1.86 bits per heavy atom. The Morgan fingerprint density at radius 3 is 2.64 bits per heavy atom. The number of nitrogens with zero attached hydrogens (tertiary/aromatic N) is 5. The SMILES string of the molecule is CN1CC2CN(c3ncc4c(=O)c(C(=O)NC5CCOCC5)c5[nH]c6ccccc6n5c4n3)CC2C1. The molecule has 10 heteroatoms. The van der Waals surface area contributed by atoms with E-state index in [0.717, 1.165) is 50.1 Å². The van der Waals surface area contributed by atoms with E-state index >= 15 is 0 Å². The maximum atomic E-state index is 13.7. The van der Waals surface area contributed by atoms with Gasteiger partial charge in [-0.15, -0.1) is 0 Å². The number of para-hydroxylation sites is 2. The minimum atomic E-state index is -0.376. The number of H-pyrrole nitrogens is 1. The molecule has 36 heavy (non-hydrogen) atoms. The molecule has 2 atom stereocenters. The van der Waals surface area contributed by atoms with Crippen molar-refractivity contribution in [3.05, 3.63) is 46.2 Å². The molecule has 0 radical (unpaired) electrons. The number of aromatic amines is 1. The number of carbonyl (C=O) groups excluding carboxylic acids is 1. The number of nitrogens with one attached hydrogen (secondary N) is 2. The van der Waals surface area contributed by atoms with E-state index in [0.29, 0.717) is 47.7 Å². The maximum Gasteiger partial charge on any atom is 0.259 e. The summed E-state index contributed by atoms with van der Waals surface area (Å²) in [4.78, 5) is 44.6. The number of fused-ring (bicyclic) bond motifs is 6. The quantitative estimate of drug-likeness (QED) is 0.452. The van der Waals surface area contributed by atoms with Gasteiger partial charge in [0.15, 0.2) is 5.65 Å². The smallest absolute Gasteiger partial charge is 0.259 e. The monoisotopic (exact) mass is 487 g/mol. The second kappa shape index (κ2) is 8.28. The molecule has 3 saturated heterocycles. The summed E-state index contributed by atoms with van der Waals surface area (Å²) in [7, 11) is 2.17. The van der Waals surface area contributed by atoms with Gasteiger partial charge in [-0.1, -0.05) is 12.1 Å². The van der Waals surface area contributed by atoms with Crippen molar-refractivity contribution in [1.29, 1.82) is 0 Å². The highest BCUT2D eigenvalue weighted by Crippen LogP contribution is 2.32. The van der Waals surface area contributed by atoms with Crippen molar-refractivity contribution < 1.29 is 9.53 Å². The van der Waals surface area contributed by atoms with Gasteiger partial charge in [-0.05, 0) is 43.9 Å². The van der Waals surface area contributed by atoms with Crippen molar-refractivity contribution in [3.63, 3.8) is 0 Å². The van der Waals surface area contributed by atoms with Gasteiger partial charge in [-0.25, -0.2) is 4.98 Å². The third-order valence-electron chi connectivity index (χ3n) is 8.03. The number of hydrogen-bond acceptors (Lipinski definition) is 7. The number of ether oxygens (including phenoxy) is 1. The standard InChI is InChI=1S/C26H29N7O3/c1-31-11-15-13-32(14-16(15)12-31)26-27-10-18-22(34)21(25(35)28-17-6-8-36-9-7-17)24-29-19-4-2-3-5-20(19)33(24)23(18)30-26/h2-5,10,15-17,29H,6-9,11-14H2,1H3,(H,28,35). The molecule has 3 aromatic heterocycles. The number of rotatable bonds is 3. The molecule has 3 fully saturated rings. The van der Waals surface area contributed by atoms with Crippen LogP contribution in [0.5, 0.6) is 0 Å². The first-order chi connectivity index (χ1) is 17.6. The van der Waals surface area contributed by atoms with Crippen molar-refractivity contribution in [3.8, 4) is 0 Å². The number of pyridine rings is 1. The Bertz CT molecular complexity index is 1540. The summed E-state index contributed by atoms with van der Waals surface area (Å²) in [6.07, 6.45) is 3.06. The van der Waals surface area contributed by atoms with Gasteiger partial charge >= 0.3 is 0 Å². The molecule has 2 unspecified atom stereocenters. The molecule has 1 aromatic carbocycles. The van der Waals surface area contributed by atoms with Crippen molar-refractivity contribution >= 4 is 39.6 Å². The van der Waals surface area contributed by atoms with Crippen molar-refractivity contribution in [2.45, 2.75) is 18.9 Å². The summed E-state index contributed by atoms with van der Waals surface area (Å²) in [6.45, 7) is 5.22. The van der Waals surface area contributed by atoms with Gasteiger partial charge in [0.1, 0.15) is 11.2 Å². The molecule has 0 bridgehead atoms. The van der Waals surface area contributed by atoms with Gasteiger partial charge in [0.05, 0.1) is 16.4 Å². The fourth-order valence-electron chi connectivity index (χ4n) is 6.26. The van der Waals surface area contributed by atoms with Crippen LogP contribution in [-0.4, -0.2) is 82.6 Å². The molecule has 186 valence electrons. The molecule has 0 spiro atoms. The first kappa shape index (κ1) is 21.8. The van der Waals surface area contributed by atoms with Crippen LogP contribution < -0.4 is 15.6 Å². The zero-order chi connectivity index (χ0) is 24.4. The van der Waals surface area contributed by atoms with Crippen LogP contribution in [0.4, 0.5) is 5.95 Å². The minimum absolute atomic E-state index is 0.0157. The van der Waals surface area contributed by atoms with Gasteiger partial charge in [-0.3, -0.25) is 14.0 Å². The third-order valence-corrected chi connectivity index (χ3v) is 8.03. The fraction of sp³-hybridized carbons (Fsp3) is 0.462. The summed E-state index contributed by atoms with van der Waals surface area (Å²) >= 11 is 0. The van der Waals surface area contributed by atoms with E-state index in [1.54, 1.807) is 6.20 Å². The number of aromatic nitrogens is 4. The molecule has 3 aliphatic heterocycles. The van der Waals surface area contributed by atoms with E-state index in [4.69, 9.17) is 9.72 Å². The molecular formula is C26H29N7O3. The summed E-state index contributed by atoms with van der Waals surface area (Å²) < 4.78 is 7.32. The second-order valence-corrected chi connectivity index (χ2v) is 10.4. The highest BCUT2D eigenvalue weighted by molar-refractivity contribution is 6.05. The summed E-state index contributed by atoms with van der Waals surface area (Å²) in [6, 6.07) is 7.78. The first-order valence-corrected chi connectivity index (χ1v) is 12.7. The first-order valence-electron chi connectivity index (χ1n) is 12.7. The molecule has 10 nitrogen and oxygen atoms in total. The molecule has 0 saturated carbocycles. The van der Waals surface area contributed by atoms with Crippen molar-refractivity contribution in [2.24, 2.45) is 11.8 Å². The Hall–Kier alpha value is -3.50.